The first-order chi connectivity index (χ1) is 9.56. The quantitative estimate of drug-likeness (QED) is 0.386. The Hall–Kier alpha value is -1.73. The van der Waals surface area contributed by atoms with Gasteiger partial charge in [0.15, 0.2) is 0 Å². The smallest absolute Gasteiger partial charge is 0.377 e. The SMILES string of the molecule is CCC(C)(C)C(=O)OCCOC(=O)C(F)(F)CC(=O)OC. The van der Waals surface area contributed by atoms with Crippen molar-refractivity contribution in [2.24, 2.45) is 5.41 Å². The maximum Gasteiger partial charge on any atom is 0.377 e. The average Bonchev–Trinajstić information content (AvgIpc) is 2.42. The number of carbonyl (C=O) groups excluding carboxylic acids is 3. The Balaban J connectivity index is 4.16. The van der Waals surface area contributed by atoms with Crippen LogP contribution in [-0.2, 0) is 28.6 Å². The molecule has 21 heavy (non-hydrogen) atoms. The molecule has 0 aliphatic carbocycles. The summed E-state index contributed by atoms with van der Waals surface area (Å²) in [7, 11) is 0.929. The third-order valence-corrected chi connectivity index (χ3v) is 2.88. The Morgan fingerprint density at radius 2 is 1.48 bits per heavy atom. The zero-order chi connectivity index (χ0) is 16.7. The van der Waals surface area contributed by atoms with Gasteiger partial charge in [-0.2, -0.15) is 8.78 Å². The molecule has 0 fully saturated rings. The van der Waals surface area contributed by atoms with Gasteiger partial charge in [0.25, 0.3) is 0 Å². The fourth-order valence-electron chi connectivity index (χ4n) is 1.04. The van der Waals surface area contributed by atoms with Gasteiger partial charge in [-0.05, 0) is 20.3 Å². The number of esters is 3. The fraction of sp³-hybridized carbons (Fsp3) is 0.769. The Labute approximate surface area is 121 Å². The van der Waals surface area contributed by atoms with Crippen molar-refractivity contribution in [3.05, 3.63) is 0 Å². The van der Waals surface area contributed by atoms with Crippen LogP contribution in [0.15, 0.2) is 0 Å². The molecule has 0 aliphatic rings. The van der Waals surface area contributed by atoms with Crippen LogP contribution in [0.2, 0.25) is 0 Å². The Morgan fingerprint density at radius 1 is 1.00 bits per heavy atom. The first-order valence-corrected chi connectivity index (χ1v) is 6.36. The number of halogens is 2. The number of hydrogen-bond acceptors (Lipinski definition) is 6. The van der Waals surface area contributed by atoms with Crippen molar-refractivity contribution in [1.29, 1.82) is 0 Å². The molecule has 0 N–H and O–H groups in total. The summed E-state index contributed by atoms with van der Waals surface area (Å²) < 4.78 is 39.5. The molecule has 0 saturated carbocycles. The second kappa shape index (κ2) is 7.90. The highest BCUT2D eigenvalue weighted by atomic mass is 19.3. The molecule has 0 bridgehead atoms. The van der Waals surface area contributed by atoms with E-state index in [0.29, 0.717) is 6.42 Å². The van der Waals surface area contributed by atoms with Crippen LogP contribution >= 0.6 is 0 Å². The number of carbonyl (C=O) groups is 3. The Kier molecular flexibility index (Phi) is 7.25. The highest BCUT2D eigenvalue weighted by molar-refractivity contribution is 5.84. The van der Waals surface area contributed by atoms with Crippen molar-refractivity contribution in [2.75, 3.05) is 20.3 Å². The molecule has 0 aromatic heterocycles. The fourth-order valence-corrected chi connectivity index (χ4v) is 1.04. The van der Waals surface area contributed by atoms with E-state index in [-0.39, 0.29) is 6.61 Å². The highest BCUT2D eigenvalue weighted by Gasteiger charge is 2.43. The van der Waals surface area contributed by atoms with Crippen LogP contribution in [-0.4, -0.2) is 44.2 Å². The number of hydrogen-bond donors (Lipinski definition) is 0. The maximum absolute atomic E-state index is 13.2. The molecule has 122 valence electrons. The lowest BCUT2D eigenvalue weighted by molar-refractivity contribution is -0.180. The first kappa shape index (κ1) is 19.3. The predicted molar refractivity (Wildman–Crippen MR) is 67.6 cm³/mol. The summed E-state index contributed by atoms with van der Waals surface area (Å²) in [5.41, 5.74) is -0.696. The van der Waals surface area contributed by atoms with Gasteiger partial charge in [-0.25, -0.2) is 4.79 Å². The van der Waals surface area contributed by atoms with Crippen LogP contribution in [0, 0.1) is 5.41 Å². The zero-order valence-electron chi connectivity index (χ0n) is 12.5. The van der Waals surface area contributed by atoms with E-state index in [2.05, 4.69) is 9.47 Å². The van der Waals surface area contributed by atoms with Gasteiger partial charge in [-0.3, -0.25) is 9.59 Å². The van der Waals surface area contributed by atoms with Crippen molar-refractivity contribution in [2.45, 2.75) is 39.5 Å². The molecule has 0 saturated heterocycles. The minimum Gasteiger partial charge on any atom is -0.469 e. The summed E-state index contributed by atoms with van der Waals surface area (Å²) in [6.45, 7) is 4.30. The summed E-state index contributed by atoms with van der Waals surface area (Å²) in [5.74, 6) is -7.58. The molecule has 6 nitrogen and oxygen atoms in total. The molecule has 0 amide bonds. The average molecular weight is 310 g/mol. The summed E-state index contributed by atoms with van der Waals surface area (Å²) in [4.78, 5) is 33.4. The molecule has 0 unspecified atom stereocenters. The molecular formula is C13H20F2O6. The molecule has 0 aliphatic heterocycles. The molecular weight excluding hydrogens is 290 g/mol. The number of methoxy groups -OCH3 is 1. The van der Waals surface area contributed by atoms with E-state index in [1.54, 1.807) is 20.8 Å². The van der Waals surface area contributed by atoms with E-state index < -0.39 is 42.3 Å². The topological polar surface area (TPSA) is 78.9 Å². The second-order valence-corrected chi connectivity index (χ2v) is 4.97. The summed E-state index contributed by atoms with van der Waals surface area (Å²) in [6.07, 6.45) is -0.853. The van der Waals surface area contributed by atoms with E-state index >= 15 is 0 Å². The third-order valence-electron chi connectivity index (χ3n) is 2.88. The van der Waals surface area contributed by atoms with Crippen molar-refractivity contribution >= 4 is 17.9 Å². The molecule has 0 atom stereocenters. The van der Waals surface area contributed by atoms with Crippen LogP contribution < -0.4 is 0 Å². The summed E-state index contributed by atoms with van der Waals surface area (Å²) in [5, 5.41) is 0. The number of alkyl halides is 2. The maximum atomic E-state index is 13.2. The summed E-state index contributed by atoms with van der Waals surface area (Å²) in [6, 6.07) is 0. The Morgan fingerprint density at radius 3 is 1.90 bits per heavy atom. The lowest BCUT2D eigenvalue weighted by Crippen LogP contribution is -2.35. The van der Waals surface area contributed by atoms with E-state index in [9.17, 15) is 23.2 Å². The molecule has 8 heteroatoms. The lowest BCUT2D eigenvalue weighted by atomic mass is 9.91. The van der Waals surface area contributed by atoms with Crippen LogP contribution in [0.1, 0.15) is 33.6 Å². The molecule has 0 aromatic carbocycles. The van der Waals surface area contributed by atoms with Gasteiger partial charge < -0.3 is 14.2 Å². The van der Waals surface area contributed by atoms with E-state index in [1.807, 2.05) is 0 Å². The van der Waals surface area contributed by atoms with Crippen molar-refractivity contribution < 1.29 is 37.4 Å². The normalized spacial score (nSPS) is 11.7. The highest BCUT2D eigenvalue weighted by Crippen LogP contribution is 2.22. The standard InChI is InChI=1S/C13H20F2O6/c1-5-12(2,3)10(17)20-6-7-21-11(18)13(14,15)8-9(16)19-4/h5-8H2,1-4H3. The van der Waals surface area contributed by atoms with Crippen LogP contribution in [0.5, 0.6) is 0 Å². The van der Waals surface area contributed by atoms with Crippen molar-refractivity contribution in [1.82, 2.24) is 0 Å². The first-order valence-electron chi connectivity index (χ1n) is 6.36. The number of rotatable bonds is 8. The van der Waals surface area contributed by atoms with Crippen LogP contribution in [0.3, 0.4) is 0 Å². The van der Waals surface area contributed by atoms with Gasteiger partial charge in [0, 0.05) is 0 Å². The molecule has 0 radical (unpaired) electrons. The van der Waals surface area contributed by atoms with Crippen LogP contribution in [0.4, 0.5) is 8.78 Å². The van der Waals surface area contributed by atoms with Gasteiger partial charge in [-0.15, -0.1) is 0 Å². The predicted octanol–water partition coefficient (Wildman–Crippen LogP) is 1.71. The Bertz CT molecular complexity index is 392. The minimum absolute atomic E-state index is 0.331. The molecule has 0 rings (SSSR count). The lowest BCUT2D eigenvalue weighted by Gasteiger charge is -2.20. The molecule has 0 heterocycles. The monoisotopic (exact) mass is 310 g/mol. The van der Waals surface area contributed by atoms with Crippen LogP contribution in [0.25, 0.3) is 0 Å². The van der Waals surface area contributed by atoms with Gasteiger partial charge in [0.2, 0.25) is 0 Å². The minimum atomic E-state index is -3.97. The van der Waals surface area contributed by atoms with Gasteiger partial charge >= 0.3 is 23.8 Å². The van der Waals surface area contributed by atoms with E-state index in [1.165, 1.54) is 0 Å². The summed E-state index contributed by atoms with van der Waals surface area (Å²) >= 11 is 0. The zero-order valence-corrected chi connectivity index (χ0v) is 12.5. The second-order valence-electron chi connectivity index (χ2n) is 4.97. The van der Waals surface area contributed by atoms with Gasteiger partial charge in [0.05, 0.1) is 12.5 Å². The number of ether oxygens (including phenoxy) is 3. The third kappa shape index (κ3) is 6.50. The van der Waals surface area contributed by atoms with E-state index in [0.717, 1.165) is 7.11 Å². The largest absolute Gasteiger partial charge is 0.469 e. The van der Waals surface area contributed by atoms with Crippen molar-refractivity contribution in [3.8, 4) is 0 Å². The van der Waals surface area contributed by atoms with Gasteiger partial charge in [0.1, 0.15) is 19.6 Å². The molecule has 0 spiro atoms. The molecule has 0 aromatic rings. The van der Waals surface area contributed by atoms with E-state index in [4.69, 9.17) is 4.74 Å². The van der Waals surface area contributed by atoms with Gasteiger partial charge in [-0.1, -0.05) is 6.92 Å². The van der Waals surface area contributed by atoms with Crippen molar-refractivity contribution in [3.63, 3.8) is 0 Å².